The van der Waals surface area contributed by atoms with E-state index in [1.54, 1.807) is 18.2 Å². The van der Waals surface area contributed by atoms with Gasteiger partial charge in [-0.25, -0.2) is 13.9 Å². The molecule has 0 unspecified atom stereocenters. The van der Waals surface area contributed by atoms with Crippen LogP contribution in [0.25, 0.3) is 5.65 Å². The number of carbonyl (C=O) groups is 1. The third-order valence-corrected chi connectivity index (χ3v) is 2.46. The van der Waals surface area contributed by atoms with Crippen LogP contribution in [-0.2, 0) is 11.3 Å². The fraction of sp³-hybridized carbons (Fsp3) is 0.125. The lowest BCUT2D eigenvalue weighted by molar-refractivity contribution is -0.137. The minimum absolute atomic E-state index is 0.413. The van der Waals surface area contributed by atoms with Crippen LogP contribution >= 0.6 is 15.9 Å². The molecule has 2 aromatic heterocycles. The Hall–Kier alpha value is -1.63. The van der Waals surface area contributed by atoms with Crippen LogP contribution in [0.4, 0.5) is 0 Å². The van der Waals surface area contributed by atoms with Gasteiger partial charge in [0.25, 0.3) is 0 Å². The standard InChI is InChI=1S/C8H6BrN3O3/c9-5-2-1-3-6-10-11(4-7(13)14)8(15)12(5)6/h1-3H,4H2,(H,13,14). The molecule has 1 N–H and O–H groups in total. The summed E-state index contributed by atoms with van der Waals surface area (Å²) in [4.78, 5) is 22.1. The lowest BCUT2D eigenvalue weighted by Gasteiger charge is -1.92. The second-order valence-corrected chi connectivity index (χ2v) is 3.69. The molecular weight excluding hydrogens is 266 g/mol. The molecule has 6 nitrogen and oxygen atoms in total. The first-order chi connectivity index (χ1) is 7.09. The zero-order valence-electron chi connectivity index (χ0n) is 7.42. The van der Waals surface area contributed by atoms with Gasteiger partial charge in [0.15, 0.2) is 5.65 Å². The van der Waals surface area contributed by atoms with E-state index >= 15 is 0 Å². The van der Waals surface area contributed by atoms with Crippen LogP contribution in [0.5, 0.6) is 0 Å². The number of aliphatic carboxylic acids is 1. The average molecular weight is 272 g/mol. The quantitative estimate of drug-likeness (QED) is 0.800. The molecule has 0 saturated heterocycles. The van der Waals surface area contributed by atoms with Crippen molar-refractivity contribution in [3.63, 3.8) is 0 Å². The third kappa shape index (κ3) is 1.65. The fourth-order valence-electron chi connectivity index (χ4n) is 1.25. The highest BCUT2D eigenvalue weighted by Crippen LogP contribution is 2.08. The van der Waals surface area contributed by atoms with Crippen LogP contribution in [0.1, 0.15) is 0 Å². The van der Waals surface area contributed by atoms with Crippen molar-refractivity contribution in [2.75, 3.05) is 0 Å². The molecule has 0 spiro atoms. The molecule has 0 radical (unpaired) electrons. The van der Waals surface area contributed by atoms with E-state index in [2.05, 4.69) is 21.0 Å². The molecule has 7 heteroatoms. The molecule has 2 heterocycles. The monoisotopic (exact) mass is 271 g/mol. The number of hydrogen-bond donors (Lipinski definition) is 1. The Balaban J connectivity index is 2.70. The lowest BCUT2D eigenvalue weighted by Crippen LogP contribution is -2.25. The number of pyridine rings is 1. The van der Waals surface area contributed by atoms with Crippen molar-refractivity contribution >= 4 is 27.5 Å². The van der Waals surface area contributed by atoms with E-state index in [0.717, 1.165) is 4.68 Å². The summed E-state index contributed by atoms with van der Waals surface area (Å²) in [6.07, 6.45) is 0. The van der Waals surface area contributed by atoms with Gasteiger partial charge in [0.2, 0.25) is 0 Å². The first kappa shape index (κ1) is 9.91. The van der Waals surface area contributed by atoms with E-state index in [4.69, 9.17) is 5.11 Å². The highest BCUT2D eigenvalue weighted by atomic mass is 79.9. The number of hydrogen-bond acceptors (Lipinski definition) is 3. The zero-order valence-corrected chi connectivity index (χ0v) is 9.01. The van der Waals surface area contributed by atoms with E-state index in [1.807, 2.05) is 0 Å². The van der Waals surface area contributed by atoms with Crippen molar-refractivity contribution in [3.8, 4) is 0 Å². The molecule has 0 bridgehead atoms. The maximum absolute atomic E-state index is 11.7. The largest absolute Gasteiger partial charge is 0.480 e. The van der Waals surface area contributed by atoms with Crippen LogP contribution in [0.2, 0.25) is 0 Å². The van der Waals surface area contributed by atoms with Crippen LogP contribution in [0, 0.1) is 0 Å². The molecule has 0 amide bonds. The molecule has 0 aliphatic carbocycles. The van der Waals surface area contributed by atoms with Crippen molar-refractivity contribution in [2.45, 2.75) is 6.54 Å². The summed E-state index contributed by atoms with van der Waals surface area (Å²) in [6, 6.07) is 5.03. The number of fused-ring (bicyclic) bond motifs is 1. The summed E-state index contributed by atoms with van der Waals surface area (Å²) in [6.45, 7) is -0.438. The Kier molecular flexibility index (Phi) is 2.31. The number of nitrogens with zero attached hydrogens (tertiary/aromatic N) is 3. The van der Waals surface area contributed by atoms with Crippen LogP contribution < -0.4 is 5.69 Å². The fourth-order valence-corrected chi connectivity index (χ4v) is 1.74. The maximum Gasteiger partial charge on any atom is 0.351 e. The summed E-state index contributed by atoms with van der Waals surface area (Å²) >= 11 is 3.19. The highest BCUT2D eigenvalue weighted by Gasteiger charge is 2.10. The molecule has 0 fully saturated rings. The topological polar surface area (TPSA) is 76.6 Å². The Morgan fingerprint density at radius 3 is 2.87 bits per heavy atom. The third-order valence-electron chi connectivity index (χ3n) is 1.84. The van der Waals surface area contributed by atoms with Gasteiger partial charge >= 0.3 is 11.7 Å². The van der Waals surface area contributed by atoms with Crippen LogP contribution in [-0.4, -0.2) is 25.3 Å². The van der Waals surface area contributed by atoms with Gasteiger partial charge in [-0.15, -0.1) is 5.10 Å². The minimum atomic E-state index is -1.10. The summed E-state index contributed by atoms with van der Waals surface area (Å²) in [5, 5.41) is 12.4. The van der Waals surface area contributed by atoms with Gasteiger partial charge in [0.1, 0.15) is 6.54 Å². The van der Waals surface area contributed by atoms with Gasteiger partial charge in [0.05, 0.1) is 4.60 Å². The molecule has 0 atom stereocenters. The number of carboxylic acids is 1. The average Bonchev–Trinajstić information content (AvgIpc) is 2.44. The minimum Gasteiger partial charge on any atom is -0.480 e. The van der Waals surface area contributed by atoms with Gasteiger partial charge in [-0.1, -0.05) is 6.07 Å². The molecular formula is C8H6BrN3O3. The maximum atomic E-state index is 11.7. The molecule has 2 aromatic rings. The van der Waals surface area contributed by atoms with E-state index < -0.39 is 18.2 Å². The predicted octanol–water partition coefficient (Wildman–Crippen LogP) is 0.343. The number of carboxylic acid groups (broad SMARTS) is 1. The van der Waals surface area contributed by atoms with Gasteiger partial charge in [-0.05, 0) is 28.1 Å². The normalized spacial score (nSPS) is 10.7. The Labute approximate surface area is 91.9 Å². The number of rotatable bonds is 2. The molecule has 15 heavy (non-hydrogen) atoms. The van der Waals surface area contributed by atoms with Crippen molar-refractivity contribution in [3.05, 3.63) is 33.3 Å². The van der Waals surface area contributed by atoms with E-state index in [9.17, 15) is 9.59 Å². The van der Waals surface area contributed by atoms with Gasteiger partial charge in [0, 0.05) is 0 Å². The van der Waals surface area contributed by atoms with Gasteiger partial charge in [-0.3, -0.25) is 4.79 Å². The smallest absolute Gasteiger partial charge is 0.351 e. The molecule has 2 rings (SSSR count). The molecule has 0 aromatic carbocycles. The second-order valence-electron chi connectivity index (χ2n) is 2.88. The summed E-state index contributed by atoms with van der Waals surface area (Å²) in [5.41, 5.74) is -0.0597. The van der Waals surface area contributed by atoms with E-state index in [0.29, 0.717) is 10.3 Å². The van der Waals surface area contributed by atoms with Crippen molar-refractivity contribution < 1.29 is 9.90 Å². The SMILES string of the molecule is O=C(O)Cn1nc2cccc(Br)n2c1=O. The van der Waals surface area contributed by atoms with Gasteiger partial charge in [-0.2, -0.15) is 0 Å². The predicted molar refractivity (Wildman–Crippen MR) is 54.8 cm³/mol. The molecule has 78 valence electrons. The first-order valence-corrected chi connectivity index (χ1v) is 4.85. The first-order valence-electron chi connectivity index (χ1n) is 4.05. The van der Waals surface area contributed by atoms with Gasteiger partial charge < -0.3 is 5.11 Å². The molecule has 0 aliphatic rings. The molecule has 0 saturated carbocycles. The zero-order chi connectivity index (χ0) is 11.0. The molecule has 0 aliphatic heterocycles. The summed E-state index contributed by atoms with van der Waals surface area (Å²) < 4.78 is 2.74. The van der Waals surface area contributed by atoms with E-state index in [-0.39, 0.29) is 0 Å². The number of aromatic nitrogens is 3. The number of halogens is 1. The van der Waals surface area contributed by atoms with Crippen LogP contribution in [0.15, 0.2) is 27.6 Å². The van der Waals surface area contributed by atoms with Crippen molar-refractivity contribution in [2.24, 2.45) is 0 Å². The van der Waals surface area contributed by atoms with Crippen molar-refractivity contribution in [1.82, 2.24) is 14.2 Å². The van der Waals surface area contributed by atoms with Crippen molar-refractivity contribution in [1.29, 1.82) is 0 Å². The summed E-state index contributed by atoms with van der Waals surface area (Å²) in [7, 11) is 0. The Bertz CT molecular complexity index is 586. The second kappa shape index (κ2) is 3.50. The van der Waals surface area contributed by atoms with E-state index in [1.165, 1.54) is 4.40 Å². The lowest BCUT2D eigenvalue weighted by atomic mass is 10.5. The highest BCUT2D eigenvalue weighted by molar-refractivity contribution is 9.10. The Morgan fingerprint density at radius 2 is 2.27 bits per heavy atom. The van der Waals surface area contributed by atoms with Crippen LogP contribution in [0.3, 0.4) is 0 Å². The summed E-state index contributed by atoms with van der Waals surface area (Å²) in [5.74, 6) is -1.10. The Morgan fingerprint density at radius 1 is 1.53 bits per heavy atom.